The molecule has 0 aromatic heterocycles. The molecule has 0 aromatic carbocycles. The molecule has 6 nitrogen and oxygen atoms in total. The zero-order chi connectivity index (χ0) is 10.3. The minimum atomic E-state index is -2.52. The van der Waals surface area contributed by atoms with Gasteiger partial charge in [-0.2, -0.15) is 0 Å². The van der Waals surface area contributed by atoms with Crippen LogP contribution in [0.1, 0.15) is 14.3 Å². The average molecular weight is 233 g/mol. The van der Waals surface area contributed by atoms with E-state index < -0.39 is 26.3 Å². The SMILES string of the molecule is COC(=O)CCC(=O)[P+](=O)OCO.[H-].[Na+]. The largest absolute Gasteiger partial charge is 1.00 e. The van der Waals surface area contributed by atoms with Crippen LogP contribution in [-0.4, -0.2) is 30.5 Å². The normalized spacial score (nSPS) is 10.0. The van der Waals surface area contributed by atoms with Crippen molar-refractivity contribution in [2.75, 3.05) is 13.9 Å². The maximum Gasteiger partial charge on any atom is 1.00 e. The molecule has 0 aliphatic carbocycles. The fourth-order valence-corrected chi connectivity index (χ4v) is 1.07. The number of rotatable bonds is 6. The van der Waals surface area contributed by atoms with Crippen LogP contribution in [0.4, 0.5) is 0 Å². The molecule has 0 fully saturated rings. The van der Waals surface area contributed by atoms with Gasteiger partial charge in [0, 0.05) is 0 Å². The molecule has 0 saturated heterocycles. The van der Waals surface area contributed by atoms with E-state index >= 15 is 0 Å². The summed E-state index contributed by atoms with van der Waals surface area (Å²) in [4.78, 5) is 21.4. The molecule has 1 atom stereocenters. The van der Waals surface area contributed by atoms with Crippen molar-refractivity contribution in [3.05, 3.63) is 0 Å². The summed E-state index contributed by atoms with van der Waals surface area (Å²) >= 11 is 0. The van der Waals surface area contributed by atoms with Gasteiger partial charge in [-0.1, -0.05) is 0 Å². The summed E-state index contributed by atoms with van der Waals surface area (Å²) in [7, 11) is -1.33. The predicted octanol–water partition coefficient (Wildman–Crippen LogP) is -2.71. The number of ether oxygens (including phenoxy) is 1. The van der Waals surface area contributed by atoms with Crippen molar-refractivity contribution in [3.63, 3.8) is 0 Å². The number of carbonyl (C=O) groups is 2. The molecule has 0 rings (SSSR count). The van der Waals surface area contributed by atoms with Crippen LogP contribution < -0.4 is 29.6 Å². The van der Waals surface area contributed by atoms with Crippen molar-refractivity contribution in [1.82, 2.24) is 0 Å². The Morgan fingerprint density at radius 2 is 2.00 bits per heavy atom. The fourth-order valence-electron chi connectivity index (χ4n) is 0.527. The van der Waals surface area contributed by atoms with Crippen molar-refractivity contribution in [2.45, 2.75) is 12.8 Å². The monoisotopic (exact) mass is 233 g/mol. The maximum atomic E-state index is 10.8. The minimum absolute atomic E-state index is 0. The third kappa shape index (κ3) is 7.55. The average Bonchev–Trinajstić information content (AvgIpc) is 2.13. The van der Waals surface area contributed by atoms with Crippen LogP contribution in [0.3, 0.4) is 0 Å². The van der Waals surface area contributed by atoms with E-state index in [1.165, 1.54) is 7.11 Å². The Labute approximate surface area is 106 Å². The van der Waals surface area contributed by atoms with Gasteiger partial charge in [0.25, 0.3) is 0 Å². The van der Waals surface area contributed by atoms with Crippen LogP contribution in [0.2, 0.25) is 0 Å². The molecule has 1 unspecified atom stereocenters. The summed E-state index contributed by atoms with van der Waals surface area (Å²) in [6.07, 6.45) is -0.340. The molecule has 0 saturated carbocycles. The molecule has 0 aliphatic heterocycles. The first-order valence-corrected chi connectivity index (χ1v) is 4.60. The standard InChI is InChI=1S/C6H10O6P.Na.H/c1-11-5(8)2-3-6(9)13(10)12-4-7;;/h7H,2-4H2,1H3;;/q2*+1;-1. The van der Waals surface area contributed by atoms with E-state index in [0.717, 1.165) is 0 Å². The molecule has 0 aliphatic rings. The van der Waals surface area contributed by atoms with Crippen molar-refractivity contribution in [1.29, 1.82) is 0 Å². The molecule has 0 radical (unpaired) electrons. The van der Waals surface area contributed by atoms with Crippen LogP contribution in [0.5, 0.6) is 0 Å². The number of aliphatic hydroxyl groups is 1. The molecule has 0 spiro atoms. The zero-order valence-electron chi connectivity index (χ0n) is 9.06. The van der Waals surface area contributed by atoms with Gasteiger partial charge in [0.2, 0.25) is 0 Å². The number of hydrogen-bond acceptors (Lipinski definition) is 6. The Balaban J connectivity index is -0.000000720. The Kier molecular flexibility index (Phi) is 11.5. The Hall–Kier alpha value is 0.160. The van der Waals surface area contributed by atoms with Crippen molar-refractivity contribution < 1.29 is 59.5 Å². The summed E-state index contributed by atoms with van der Waals surface area (Å²) in [6.45, 7) is -0.779. The van der Waals surface area contributed by atoms with Crippen molar-refractivity contribution >= 4 is 19.5 Å². The summed E-state index contributed by atoms with van der Waals surface area (Å²) in [6, 6.07) is 0. The zero-order valence-corrected chi connectivity index (χ0v) is 11.0. The Morgan fingerprint density at radius 1 is 1.43 bits per heavy atom. The third-order valence-corrected chi connectivity index (χ3v) is 2.13. The van der Waals surface area contributed by atoms with Crippen LogP contribution in [0.25, 0.3) is 0 Å². The van der Waals surface area contributed by atoms with Gasteiger partial charge in [-0.05, 0) is 4.57 Å². The maximum absolute atomic E-state index is 10.8. The molecule has 1 N–H and O–H groups in total. The molecule has 0 aromatic rings. The summed E-state index contributed by atoms with van der Waals surface area (Å²) in [5.74, 6) is -0.555. The Morgan fingerprint density at radius 3 is 2.43 bits per heavy atom. The van der Waals surface area contributed by atoms with E-state index in [4.69, 9.17) is 5.11 Å². The minimum Gasteiger partial charge on any atom is -1.00 e. The fraction of sp³-hybridized carbons (Fsp3) is 0.667. The molecule has 8 heteroatoms. The van der Waals surface area contributed by atoms with Crippen LogP contribution >= 0.6 is 8.03 Å². The summed E-state index contributed by atoms with van der Waals surface area (Å²) in [5.41, 5.74) is -0.713. The van der Waals surface area contributed by atoms with Gasteiger partial charge < -0.3 is 11.3 Å². The second-order valence-electron chi connectivity index (χ2n) is 1.99. The number of hydrogen-bond donors (Lipinski definition) is 1. The van der Waals surface area contributed by atoms with Gasteiger partial charge in [0.15, 0.2) is 6.79 Å². The molecule has 0 heterocycles. The predicted molar refractivity (Wildman–Crippen MR) is 43.1 cm³/mol. The van der Waals surface area contributed by atoms with Gasteiger partial charge in [-0.15, -0.1) is 4.52 Å². The first-order chi connectivity index (χ1) is 6.11. The second kappa shape index (κ2) is 9.71. The van der Waals surface area contributed by atoms with E-state index in [1.807, 2.05) is 0 Å². The molecular formula is C6H11NaO6P+. The number of methoxy groups -OCH3 is 1. The molecule has 0 amide bonds. The molecule has 76 valence electrons. The van der Waals surface area contributed by atoms with E-state index in [9.17, 15) is 14.2 Å². The van der Waals surface area contributed by atoms with Gasteiger partial charge in [0.1, 0.15) is 0 Å². The molecular weight excluding hydrogens is 222 g/mol. The summed E-state index contributed by atoms with van der Waals surface area (Å²) in [5, 5.41) is 8.16. The van der Waals surface area contributed by atoms with Crippen molar-refractivity contribution in [3.8, 4) is 0 Å². The van der Waals surface area contributed by atoms with E-state index in [2.05, 4.69) is 9.26 Å². The van der Waals surface area contributed by atoms with Crippen LogP contribution in [0.15, 0.2) is 0 Å². The Bertz CT molecular complexity index is 224. The van der Waals surface area contributed by atoms with Gasteiger partial charge >= 0.3 is 49.1 Å². The third-order valence-electron chi connectivity index (χ3n) is 1.15. The smallest absolute Gasteiger partial charge is 1.00 e. The first kappa shape index (κ1) is 16.6. The molecule has 14 heavy (non-hydrogen) atoms. The van der Waals surface area contributed by atoms with Crippen molar-refractivity contribution in [2.24, 2.45) is 0 Å². The van der Waals surface area contributed by atoms with Gasteiger partial charge in [-0.25, -0.2) is 4.79 Å². The number of aliphatic hydroxyl groups excluding tert-OH is 1. The number of esters is 1. The molecule has 0 bridgehead atoms. The van der Waals surface area contributed by atoms with Crippen LogP contribution in [-0.2, 0) is 23.4 Å². The number of carbonyl (C=O) groups excluding carboxylic acids is 2. The van der Waals surface area contributed by atoms with Gasteiger partial charge in [0.05, 0.1) is 20.0 Å². The summed E-state index contributed by atoms with van der Waals surface area (Å²) < 4.78 is 19.1. The van der Waals surface area contributed by atoms with E-state index in [1.54, 1.807) is 0 Å². The quantitative estimate of drug-likeness (QED) is 0.232. The first-order valence-electron chi connectivity index (χ1n) is 3.42. The van der Waals surface area contributed by atoms with E-state index in [0.29, 0.717) is 0 Å². The topological polar surface area (TPSA) is 89.9 Å². The second-order valence-corrected chi connectivity index (χ2v) is 3.26. The van der Waals surface area contributed by atoms with E-state index in [-0.39, 0.29) is 43.8 Å². The van der Waals surface area contributed by atoms with Crippen LogP contribution in [0, 0.1) is 0 Å². The van der Waals surface area contributed by atoms with Gasteiger partial charge in [-0.3, -0.25) is 4.79 Å².